The minimum Gasteiger partial charge on any atom is -0.508 e. The molecule has 0 radical (unpaired) electrons. The van der Waals surface area contributed by atoms with Gasteiger partial charge in [0.1, 0.15) is 5.75 Å². The van der Waals surface area contributed by atoms with Crippen LogP contribution in [0.1, 0.15) is 12.5 Å². The normalized spacial score (nSPS) is 12.8. The first-order valence-corrected chi connectivity index (χ1v) is 5.40. The van der Waals surface area contributed by atoms with Gasteiger partial charge in [-0.15, -0.1) is 11.8 Å². The number of aliphatic hydroxyl groups excluding tert-OH is 1. The number of hydrogen-bond donors (Lipinski definition) is 2. The van der Waals surface area contributed by atoms with Crippen LogP contribution in [-0.2, 0) is 6.42 Å². The van der Waals surface area contributed by atoms with Crippen LogP contribution in [-0.4, -0.2) is 22.6 Å². The molecule has 0 aliphatic carbocycles. The van der Waals surface area contributed by atoms with Crippen molar-refractivity contribution >= 4 is 11.8 Å². The third kappa shape index (κ3) is 2.64. The Balaban J connectivity index is 3.00. The van der Waals surface area contributed by atoms with Crippen LogP contribution >= 0.6 is 11.8 Å². The fourth-order valence-electron chi connectivity index (χ4n) is 1.25. The SMILES string of the molecule is CSc1cccc(O)c1CC(C)O. The average Bonchev–Trinajstić information content (AvgIpc) is 2.08. The van der Waals surface area contributed by atoms with Gasteiger partial charge in [0.05, 0.1) is 6.10 Å². The Morgan fingerprint density at radius 1 is 1.46 bits per heavy atom. The van der Waals surface area contributed by atoms with Crippen molar-refractivity contribution in [3.63, 3.8) is 0 Å². The monoisotopic (exact) mass is 198 g/mol. The lowest BCUT2D eigenvalue weighted by molar-refractivity contribution is 0.193. The van der Waals surface area contributed by atoms with Crippen LogP contribution in [0.15, 0.2) is 23.1 Å². The van der Waals surface area contributed by atoms with E-state index in [0.29, 0.717) is 6.42 Å². The highest BCUT2D eigenvalue weighted by Crippen LogP contribution is 2.28. The first kappa shape index (κ1) is 10.4. The summed E-state index contributed by atoms with van der Waals surface area (Å²) in [6, 6.07) is 5.41. The summed E-state index contributed by atoms with van der Waals surface area (Å²) in [6.45, 7) is 1.72. The molecule has 0 aromatic heterocycles. The number of phenolic OH excluding ortho intramolecular Hbond substituents is 1. The molecule has 0 heterocycles. The molecule has 2 N–H and O–H groups in total. The second-order valence-corrected chi connectivity index (χ2v) is 3.86. The number of aliphatic hydroxyl groups is 1. The molecule has 0 fully saturated rings. The highest BCUT2D eigenvalue weighted by molar-refractivity contribution is 7.98. The molecule has 3 heteroatoms. The predicted octanol–water partition coefficient (Wildman–Crippen LogP) is 2.04. The zero-order valence-electron chi connectivity index (χ0n) is 7.82. The average molecular weight is 198 g/mol. The van der Waals surface area contributed by atoms with Crippen LogP contribution in [0.4, 0.5) is 0 Å². The Labute approximate surface area is 82.6 Å². The molecular weight excluding hydrogens is 184 g/mol. The Hall–Kier alpha value is -0.670. The van der Waals surface area contributed by atoms with Crippen molar-refractivity contribution in [3.05, 3.63) is 23.8 Å². The molecule has 1 aromatic carbocycles. The first-order valence-electron chi connectivity index (χ1n) is 4.18. The Kier molecular flexibility index (Phi) is 3.63. The number of rotatable bonds is 3. The molecule has 0 aliphatic heterocycles. The Morgan fingerprint density at radius 2 is 2.15 bits per heavy atom. The second-order valence-electron chi connectivity index (χ2n) is 3.01. The summed E-state index contributed by atoms with van der Waals surface area (Å²) in [7, 11) is 0. The van der Waals surface area contributed by atoms with Crippen molar-refractivity contribution in [2.45, 2.75) is 24.3 Å². The van der Waals surface area contributed by atoms with Gasteiger partial charge in [0.2, 0.25) is 0 Å². The minimum absolute atomic E-state index is 0.271. The molecule has 72 valence electrons. The van der Waals surface area contributed by atoms with Gasteiger partial charge in [-0.1, -0.05) is 6.07 Å². The highest BCUT2D eigenvalue weighted by atomic mass is 32.2. The van der Waals surface area contributed by atoms with Crippen LogP contribution in [0.5, 0.6) is 5.75 Å². The smallest absolute Gasteiger partial charge is 0.119 e. The number of thioether (sulfide) groups is 1. The highest BCUT2D eigenvalue weighted by Gasteiger charge is 2.09. The maximum Gasteiger partial charge on any atom is 0.119 e. The summed E-state index contributed by atoms with van der Waals surface area (Å²) < 4.78 is 0. The van der Waals surface area contributed by atoms with Crippen LogP contribution in [0.2, 0.25) is 0 Å². The zero-order valence-corrected chi connectivity index (χ0v) is 8.64. The third-order valence-electron chi connectivity index (χ3n) is 1.83. The van der Waals surface area contributed by atoms with E-state index in [1.54, 1.807) is 24.8 Å². The lowest BCUT2D eigenvalue weighted by atomic mass is 10.1. The van der Waals surface area contributed by atoms with E-state index in [4.69, 9.17) is 0 Å². The van der Waals surface area contributed by atoms with Crippen LogP contribution in [0.25, 0.3) is 0 Å². The van der Waals surface area contributed by atoms with Gasteiger partial charge >= 0.3 is 0 Å². The van der Waals surface area contributed by atoms with E-state index >= 15 is 0 Å². The van der Waals surface area contributed by atoms with Crippen molar-refractivity contribution in [1.82, 2.24) is 0 Å². The fraction of sp³-hybridized carbons (Fsp3) is 0.400. The van der Waals surface area contributed by atoms with E-state index in [9.17, 15) is 10.2 Å². The van der Waals surface area contributed by atoms with E-state index in [1.807, 2.05) is 18.4 Å². The summed E-state index contributed by atoms with van der Waals surface area (Å²) >= 11 is 1.58. The van der Waals surface area contributed by atoms with Crippen molar-refractivity contribution < 1.29 is 10.2 Å². The zero-order chi connectivity index (χ0) is 9.84. The molecule has 13 heavy (non-hydrogen) atoms. The number of phenols is 1. The largest absolute Gasteiger partial charge is 0.508 e. The molecule has 1 rings (SSSR count). The summed E-state index contributed by atoms with van der Waals surface area (Å²) in [5, 5.41) is 18.8. The number of aromatic hydroxyl groups is 1. The third-order valence-corrected chi connectivity index (χ3v) is 2.65. The molecule has 0 amide bonds. The predicted molar refractivity (Wildman–Crippen MR) is 55.3 cm³/mol. The number of benzene rings is 1. The van der Waals surface area contributed by atoms with Gasteiger partial charge in [-0.25, -0.2) is 0 Å². The Bertz CT molecular complexity index is 284. The molecular formula is C10H14O2S. The number of hydrogen-bond acceptors (Lipinski definition) is 3. The lowest BCUT2D eigenvalue weighted by Crippen LogP contribution is -2.05. The summed E-state index contributed by atoms with van der Waals surface area (Å²) in [6.07, 6.45) is 2.04. The minimum atomic E-state index is -0.417. The molecule has 0 saturated heterocycles. The quantitative estimate of drug-likeness (QED) is 0.730. The first-order chi connectivity index (χ1) is 6.15. The van der Waals surface area contributed by atoms with Crippen molar-refractivity contribution in [1.29, 1.82) is 0 Å². The van der Waals surface area contributed by atoms with Gasteiger partial charge in [0, 0.05) is 16.9 Å². The van der Waals surface area contributed by atoms with Gasteiger partial charge in [0.15, 0.2) is 0 Å². The lowest BCUT2D eigenvalue weighted by Gasteiger charge is -2.10. The van der Waals surface area contributed by atoms with E-state index in [-0.39, 0.29) is 5.75 Å². The van der Waals surface area contributed by atoms with Crippen LogP contribution < -0.4 is 0 Å². The van der Waals surface area contributed by atoms with Gasteiger partial charge in [-0.3, -0.25) is 0 Å². The fourth-order valence-corrected chi connectivity index (χ4v) is 1.89. The van der Waals surface area contributed by atoms with Crippen molar-refractivity contribution in [2.75, 3.05) is 6.26 Å². The maximum atomic E-state index is 9.55. The topological polar surface area (TPSA) is 40.5 Å². The summed E-state index contributed by atoms with van der Waals surface area (Å²) in [5.41, 5.74) is 0.838. The van der Waals surface area contributed by atoms with E-state index in [1.165, 1.54) is 0 Å². The molecule has 0 spiro atoms. The van der Waals surface area contributed by atoms with E-state index in [0.717, 1.165) is 10.5 Å². The summed E-state index contributed by atoms with van der Waals surface area (Å²) in [5.74, 6) is 0.271. The molecule has 1 atom stereocenters. The van der Waals surface area contributed by atoms with Crippen LogP contribution in [0.3, 0.4) is 0 Å². The second kappa shape index (κ2) is 4.53. The molecule has 2 nitrogen and oxygen atoms in total. The van der Waals surface area contributed by atoms with Gasteiger partial charge in [0.25, 0.3) is 0 Å². The standard InChI is InChI=1S/C10H14O2S/c1-7(11)6-8-9(12)4-3-5-10(8)13-2/h3-5,7,11-12H,6H2,1-2H3. The van der Waals surface area contributed by atoms with Crippen molar-refractivity contribution in [2.24, 2.45) is 0 Å². The molecule has 1 aromatic rings. The van der Waals surface area contributed by atoms with E-state index < -0.39 is 6.10 Å². The van der Waals surface area contributed by atoms with Crippen molar-refractivity contribution in [3.8, 4) is 5.75 Å². The van der Waals surface area contributed by atoms with Crippen LogP contribution in [0, 0.1) is 0 Å². The molecule has 0 saturated carbocycles. The molecule has 0 bridgehead atoms. The maximum absolute atomic E-state index is 9.55. The van der Waals surface area contributed by atoms with Gasteiger partial charge in [-0.2, -0.15) is 0 Å². The molecule has 1 unspecified atom stereocenters. The Morgan fingerprint density at radius 3 is 2.69 bits per heavy atom. The molecule has 0 aliphatic rings. The van der Waals surface area contributed by atoms with Gasteiger partial charge in [-0.05, 0) is 25.3 Å². The summed E-state index contributed by atoms with van der Waals surface area (Å²) in [4.78, 5) is 1.03. The van der Waals surface area contributed by atoms with Gasteiger partial charge < -0.3 is 10.2 Å². The van der Waals surface area contributed by atoms with E-state index in [2.05, 4.69) is 0 Å².